The SMILES string of the molecule is COc1cc(CNNC(=O)[C@@]2(Cc3ccc(Br)cc3)N=C(c3ccc(OCCCO)cc3)O[C@H]2c2ccccc2)cc(OC)c1. The summed E-state index contributed by atoms with van der Waals surface area (Å²) in [4.78, 5) is 19.4. The largest absolute Gasteiger partial charge is 0.497 e. The Morgan fingerprint density at radius 2 is 1.60 bits per heavy atom. The van der Waals surface area contributed by atoms with E-state index >= 15 is 0 Å². The van der Waals surface area contributed by atoms with Gasteiger partial charge >= 0.3 is 0 Å². The number of ether oxygens (including phenoxy) is 4. The highest BCUT2D eigenvalue weighted by Gasteiger charge is 2.53. The zero-order chi connectivity index (χ0) is 31.6. The number of halogens is 1. The van der Waals surface area contributed by atoms with Crippen LogP contribution in [0.3, 0.4) is 0 Å². The normalized spacial score (nSPS) is 17.2. The molecule has 0 aromatic heterocycles. The third-order valence-corrected chi connectivity index (χ3v) is 7.95. The van der Waals surface area contributed by atoms with Crippen molar-refractivity contribution in [2.24, 2.45) is 4.99 Å². The Morgan fingerprint density at radius 1 is 0.911 bits per heavy atom. The van der Waals surface area contributed by atoms with Crippen LogP contribution in [0.4, 0.5) is 0 Å². The predicted octanol–water partition coefficient (Wildman–Crippen LogP) is 5.55. The van der Waals surface area contributed by atoms with Crippen LogP contribution in [0.1, 0.15) is 34.8 Å². The number of hydrogen-bond donors (Lipinski definition) is 3. The second-order valence-electron chi connectivity index (χ2n) is 10.5. The molecule has 5 rings (SSSR count). The maximum atomic E-state index is 14.4. The summed E-state index contributed by atoms with van der Waals surface area (Å²) in [5.74, 6) is 1.99. The van der Waals surface area contributed by atoms with Gasteiger partial charge in [-0.15, -0.1) is 0 Å². The van der Waals surface area contributed by atoms with Gasteiger partial charge in [0, 0.05) is 42.1 Å². The highest BCUT2D eigenvalue weighted by molar-refractivity contribution is 9.10. The summed E-state index contributed by atoms with van der Waals surface area (Å²) in [6.45, 7) is 0.795. The summed E-state index contributed by atoms with van der Waals surface area (Å²) in [7, 11) is 3.19. The number of hydrazine groups is 1. The Balaban J connectivity index is 1.48. The molecule has 4 aromatic carbocycles. The predicted molar refractivity (Wildman–Crippen MR) is 176 cm³/mol. The Kier molecular flexibility index (Phi) is 10.7. The number of carbonyl (C=O) groups is 1. The molecule has 0 bridgehead atoms. The van der Waals surface area contributed by atoms with Crippen LogP contribution in [-0.2, 0) is 22.5 Å². The van der Waals surface area contributed by atoms with E-state index in [1.165, 1.54) is 0 Å². The lowest BCUT2D eigenvalue weighted by atomic mass is 9.82. The molecule has 0 saturated heterocycles. The van der Waals surface area contributed by atoms with Crippen molar-refractivity contribution in [2.75, 3.05) is 27.4 Å². The number of aliphatic imine (C=N–C) groups is 1. The quantitative estimate of drug-likeness (QED) is 0.119. The van der Waals surface area contributed by atoms with Crippen LogP contribution in [0.25, 0.3) is 0 Å². The van der Waals surface area contributed by atoms with E-state index in [-0.39, 0.29) is 18.9 Å². The monoisotopic (exact) mass is 673 g/mol. The second kappa shape index (κ2) is 15.1. The van der Waals surface area contributed by atoms with Crippen molar-refractivity contribution in [3.63, 3.8) is 0 Å². The highest BCUT2D eigenvalue weighted by Crippen LogP contribution is 2.42. The number of rotatable bonds is 14. The van der Waals surface area contributed by atoms with Gasteiger partial charge in [-0.05, 0) is 65.2 Å². The van der Waals surface area contributed by atoms with Gasteiger partial charge in [-0.25, -0.2) is 10.4 Å². The topological polar surface area (TPSA) is 111 Å². The molecule has 1 heterocycles. The van der Waals surface area contributed by atoms with Gasteiger partial charge in [-0.1, -0.05) is 58.4 Å². The second-order valence-corrected chi connectivity index (χ2v) is 11.4. The van der Waals surface area contributed by atoms with E-state index < -0.39 is 11.6 Å². The Bertz CT molecular complexity index is 1580. The fourth-order valence-corrected chi connectivity index (χ4v) is 5.39. The first kappa shape index (κ1) is 32.0. The third-order valence-electron chi connectivity index (χ3n) is 7.42. The zero-order valence-electron chi connectivity index (χ0n) is 25.2. The van der Waals surface area contributed by atoms with Crippen LogP contribution in [0.2, 0.25) is 0 Å². The van der Waals surface area contributed by atoms with Gasteiger partial charge < -0.3 is 24.1 Å². The first-order valence-electron chi connectivity index (χ1n) is 14.6. The maximum Gasteiger partial charge on any atom is 0.266 e. The molecule has 0 spiro atoms. The number of carbonyl (C=O) groups excluding carboxylic acids is 1. The lowest BCUT2D eigenvalue weighted by Gasteiger charge is -2.31. The molecule has 2 atom stereocenters. The van der Waals surface area contributed by atoms with Crippen molar-refractivity contribution < 1.29 is 28.8 Å². The van der Waals surface area contributed by atoms with Crippen LogP contribution < -0.4 is 25.1 Å². The molecule has 1 aliphatic rings. The molecule has 1 aliphatic heterocycles. The average molecular weight is 675 g/mol. The number of aliphatic hydroxyl groups excluding tert-OH is 1. The molecule has 0 radical (unpaired) electrons. The number of methoxy groups -OCH3 is 2. The molecular formula is C35H36BrN3O6. The third kappa shape index (κ3) is 7.83. The maximum absolute atomic E-state index is 14.4. The molecule has 3 N–H and O–H groups in total. The lowest BCUT2D eigenvalue weighted by Crippen LogP contribution is -2.53. The van der Waals surface area contributed by atoms with E-state index in [2.05, 4.69) is 26.8 Å². The molecule has 4 aromatic rings. The van der Waals surface area contributed by atoms with Crippen LogP contribution in [0.5, 0.6) is 17.2 Å². The molecule has 0 fully saturated rings. The van der Waals surface area contributed by atoms with Gasteiger partial charge in [-0.3, -0.25) is 10.2 Å². The summed E-state index contributed by atoms with van der Waals surface area (Å²) in [5.41, 5.74) is 7.98. The molecule has 45 heavy (non-hydrogen) atoms. The van der Waals surface area contributed by atoms with Crippen LogP contribution in [-0.4, -0.2) is 49.9 Å². The molecule has 0 saturated carbocycles. The molecule has 10 heteroatoms. The van der Waals surface area contributed by atoms with Crippen LogP contribution in [0, 0.1) is 0 Å². The van der Waals surface area contributed by atoms with E-state index in [4.69, 9.17) is 29.0 Å². The van der Waals surface area contributed by atoms with Gasteiger partial charge in [0.15, 0.2) is 11.6 Å². The van der Waals surface area contributed by atoms with Gasteiger partial charge in [0.25, 0.3) is 5.91 Å². The van der Waals surface area contributed by atoms with Crippen molar-refractivity contribution >= 4 is 27.7 Å². The van der Waals surface area contributed by atoms with Crippen molar-refractivity contribution in [1.82, 2.24) is 10.9 Å². The molecule has 9 nitrogen and oxygen atoms in total. The zero-order valence-corrected chi connectivity index (χ0v) is 26.8. The standard InChI is InChI=1S/C35H36BrN3O6/c1-42-30-19-25(20-31(21-30)43-2)23-37-39-34(41)35(22-24-9-13-28(36)14-10-24)32(26-7-4-3-5-8-26)45-33(38-35)27-11-15-29(16-12-27)44-18-6-17-40/h3-5,7-16,19-21,32,37,40H,6,17-18,22-23H2,1-2H3,(H,39,41)/t32-,35-/m0/s1. The molecule has 234 valence electrons. The number of nitrogens with zero attached hydrogens (tertiary/aromatic N) is 1. The van der Waals surface area contributed by atoms with Crippen molar-refractivity contribution in [3.8, 4) is 17.2 Å². The van der Waals surface area contributed by atoms with E-state index in [1.807, 2.05) is 91.0 Å². The molecule has 1 amide bonds. The first-order valence-corrected chi connectivity index (χ1v) is 15.4. The van der Waals surface area contributed by atoms with E-state index in [9.17, 15) is 4.79 Å². The Morgan fingerprint density at radius 3 is 2.24 bits per heavy atom. The minimum Gasteiger partial charge on any atom is -0.497 e. The van der Waals surface area contributed by atoms with Crippen LogP contribution >= 0.6 is 15.9 Å². The average Bonchev–Trinajstić information content (AvgIpc) is 3.46. The van der Waals surface area contributed by atoms with Gasteiger partial charge in [0.1, 0.15) is 17.2 Å². The molecular weight excluding hydrogens is 638 g/mol. The van der Waals surface area contributed by atoms with Crippen molar-refractivity contribution in [1.29, 1.82) is 0 Å². The fraction of sp³-hybridized carbons (Fsp3) is 0.257. The summed E-state index contributed by atoms with van der Waals surface area (Å²) in [6.07, 6.45) is 0.117. The lowest BCUT2D eigenvalue weighted by molar-refractivity contribution is -0.130. The number of hydrogen-bond acceptors (Lipinski definition) is 8. The van der Waals surface area contributed by atoms with E-state index in [0.29, 0.717) is 48.3 Å². The number of benzene rings is 4. The van der Waals surface area contributed by atoms with Gasteiger partial charge in [0.05, 0.1) is 20.8 Å². The van der Waals surface area contributed by atoms with Crippen molar-refractivity contribution in [2.45, 2.75) is 31.0 Å². The summed E-state index contributed by atoms with van der Waals surface area (Å²) >= 11 is 3.51. The molecule has 0 unspecified atom stereocenters. The Labute approximate surface area is 271 Å². The van der Waals surface area contributed by atoms with Gasteiger partial charge in [0.2, 0.25) is 5.90 Å². The van der Waals surface area contributed by atoms with Crippen LogP contribution in [0.15, 0.2) is 107 Å². The number of aliphatic hydroxyl groups is 1. The van der Waals surface area contributed by atoms with Gasteiger partial charge in [-0.2, -0.15) is 0 Å². The minimum absolute atomic E-state index is 0.0642. The smallest absolute Gasteiger partial charge is 0.266 e. The van der Waals surface area contributed by atoms with E-state index in [0.717, 1.165) is 21.2 Å². The first-order chi connectivity index (χ1) is 21.9. The molecule has 0 aliphatic carbocycles. The van der Waals surface area contributed by atoms with E-state index in [1.54, 1.807) is 20.3 Å². The highest BCUT2D eigenvalue weighted by atomic mass is 79.9. The fourth-order valence-electron chi connectivity index (χ4n) is 5.13. The summed E-state index contributed by atoms with van der Waals surface area (Å²) in [6, 6.07) is 30.4. The van der Waals surface area contributed by atoms with Crippen molar-refractivity contribution in [3.05, 3.63) is 124 Å². The number of nitrogens with one attached hydrogen (secondary N) is 2. The number of amides is 1. The summed E-state index contributed by atoms with van der Waals surface area (Å²) < 4.78 is 24.0. The Hall–Kier alpha value is -4.38. The summed E-state index contributed by atoms with van der Waals surface area (Å²) in [5, 5.41) is 9.06. The minimum atomic E-state index is -1.35.